The molecule has 9 heteroatoms. The Morgan fingerprint density at radius 1 is 1.60 bits per heavy atom. The molecule has 0 fully saturated rings. The molecule has 0 aliphatic rings. The summed E-state index contributed by atoms with van der Waals surface area (Å²) in [6.45, 7) is 3.83. The normalized spacial score (nSPS) is 12.1. The van der Waals surface area contributed by atoms with Crippen LogP contribution in [0.2, 0.25) is 5.28 Å². The minimum atomic E-state index is -0.746. The molecule has 0 bridgehead atoms. The zero-order chi connectivity index (χ0) is 15.3. The fourth-order valence-corrected chi connectivity index (χ4v) is 1.72. The number of carbonyl (C=O) groups excluding carboxylic acids is 1. The van der Waals surface area contributed by atoms with E-state index in [4.69, 9.17) is 11.6 Å². The molecule has 8 nitrogen and oxygen atoms in total. The highest BCUT2D eigenvalue weighted by atomic mass is 35.5. The molecule has 20 heavy (non-hydrogen) atoms. The second-order valence-electron chi connectivity index (χ2n) is 4.48. The van der Waals surface area contributed by atoms with Gasteiger partial charge in [-0.15, -0.1) is 0 Å². The molecule has 0 spiro atoms. The molecule has 1 heterocycles. The molecule has 1 aromatic rings. The van der Waals surface area contributed by atoms with Gasteiger partial charge in [0.15, 0.2) is 0 Å². The van der Waals surface area contributed by atoms with Crippen molar-refractivity contribution in [2.45, 2.75) is 26.3 Å². The van der Waals surface area contributed by atoms with E-state index >= 15 is 0 Å². The Labute approximate surface area is 120 Å². The second kappa shape index (κ2) is 6.99. The number of carbonyl (C=O) groups is 1. The molecule has 0 amide bonds. The summed E-state index contributed by atoms with van der Waals surface area (Å²) in [7, 11) is 1.25. The van der Waals surface area contributed by atoms with Crippen LogP contribution in [0.1, 0.15) is 20.3 Å². The summed E-state index contributed by atoms with van der Waals surface area (Å²) in [5, 5.41) is 13.5. The maximum atomic E-state index is 11.7. The van der Waals surface area contributed by atoms with Crippen LogP contribution in [0.15, 0.2) is 6.20 Å². The highest BCUT2D eigenvalue weighted by Crippen LogP contribution is 2.24. The van der Waals surface area contributed by atoms with Crippen molar-refractivity contribution in [2.24, 2.45) is 5.92 Å². The van der Waals surface area contributed by atoms with E-state index in [1.165, 1.54) is 7.11 Å². The van der Waals surface area contributed by atoms with Gasteiger partial charge in [0.25, 0.3) is 0 Å². The summed E-state index contributed by atoms with van der Waals surface area (Å²) in [4.78, 5) is 29.2. The third-order valence-corrected chi connectivity index (χ3v) is 2.62. The summed E-state index contributed by atoms with van der Waals surface area (Å²) >= 11 is 5.62. The maximum absolute atomic E-state index is 11.7. The Hall–Kier alpha value is -1.96. The Balaban J connectivity index is 3.06. The van der Waals surface area contributed by atoms with E-state index in [1.54, 1.807) is 0 Å². The van der Waals surface area contributed by atoms with Crippen LogP contribution in [0.25, 0.3) is 0 Å². The molecular formula is C11H15ClN4O4. The third-order valence-electron chi connectivity index (χ3n) is 2.44. The molecule has 0 aliphatic heterocycles. The van der Waals surface area contributed by atoms with Crippen molar-refractivity contribution in [3.8, 4) is 0 Å². The molecule has 0 saturated carbocycles. The first-order chi connectivity index (χ1) is 9.35. The van der Waals surface area contributed by atoms with Crippen molar-refractivity contribution in [1.82, 2.24) is 9.97 Å². The Morgan fingerprint density at radius 2 is 2.25 bits per heavy atom. The summed E-state index contributed by atoms with van der Waals surface area (Å²) in [6.07, 6.45) is 1.42. The van der Waals surface area contributed by atoms with Crippen molar-refractivity contribution >= 4 is 29.1 Å². The molecular weight excluding hydrogens is 288 g/mol. The number of nitrogens with one attached hydrogen (secondary N) is 1. The van der Waals surface area contributed by atoms with E-state index in [-0.39, 0.29) is 22.7 Å². The van der Waals surface area contributed by atoms with Gasteiger partial charge < -0.3 is 10.1 Å². The van der Waals surface area contributed by atoms with Crippen LogP contribution in [0, 0.1) is 16.0 Å². The van der Waals surface area contributed by atoms with E-state index in [0.717, 1.165) is 6.20 Å². The quantitative estimate of drug-likeness (QED) is 0.371. The summed E-state index contributed by atoms with van der Waals surface area (Å²) in [6, 6.07) is -0.746. The number of nitrogens with zero attached hydrogens (tertiary/aromatic N) is 3. The second-order valence-corrected chi connectivity index (χ2v) is 4.82. The van der Waals surface area contributed by atoms with Crippen LogP contribution in [0.3, 0.4) is 0 Å². The van der Waals surface area contributed by atoms with Crippen molar-refractivity contribution in [2.75, 3.05) is 12.4 Å². The SMILES string of the molecule is COC(=O)C(CC(C)C)Nc1nc(Cl)ncc1[N+](=O)[O-]. The molecule has 1 N–H and O–H groups in total. The van der Waals surface area contributed by atoms with Gasteiger partial charge >= 0.3 is 11.7 Å². The topological polar surface area (TPSA) is 107 Å². The van der Waals surface area contributed by atoms with Gasteiger partial charge in [0, 0.05) is 0 Å². The molecule has 0 aliphatic carbocycles. The highest BCUT2D eigenvalue weighted by Gasteiger charge is 2.25. The minimum absolute atomic E-state index is 0.106. The van der Waals surface area contributed by atoms with Gasteiger partial charge in [-0.1, -0.05) is 13.8 Å². The number of aromatic nitrogens is 2. The average Bonchev–Trinajstić information content (AvgIpc) is 2.36. The molecule has 0 saturated heterocycles. The predicted molar refractivity (Wildman–Crippen MR) is 72.6 cm³/mol. The van der Waals surface area contributed by atoms with E-state index in [9.17, 15) is 14.9 Å². The van der Waals surface area contributed by atoms with Gasteiger partial charge in [0.05, 0.1) is 12.0 Å². The van der Waals surface area contributed by atoms with Gasteiger partial charge in [-0.3, -0.25) is 10.1 Å². The number of ether oxygens (including phenoxy) is 1. The fraction of sp³-hybridized carbons (Fsp3) is 0.545. The van der Waals surface area contributed by atoms with Crippen molar-refractivity contribution in [1.29, 1.82) is 0 Å². The first kappa shape index (κ1) is 16.1. The number of hydrogen-bond donors (Lipinski definition) is 1. The molecule has 1 aromatic heterocycles. The van der Waals surface area contributed by atoms with Crippen LogP contribution in [0.5, 0.6) is 0 Å². The smallest absolute Gasteiger partial charge is 0.329 e. The summed E-state index contributed by atoms with van der Waals surface area (Å²) < 4.78 is 4.67. The van der Waals surface area contributed by atoms with Gasteiger partial charge in [-0.05, 0) is 23.9 Å². The number of halogens is 1. The fourth-order valence-electron chi connectivity index (χ4n) is 1.59. The zero-order valence-corrected chi connectivity index (χ0v) is 12.0. The minimum Gasteiger partial charge on any atom is -0.467 e. The lowest BCUT2D eigenvalue weighted by atomic mass is 10.0. The molecule has 110 valence electrons. The predicted octanol–water partition coefficient (Wildman–Crippen LogP) is 2.04. The standard InChI is InChI=1S/C11H15ClN4O4/c1-6(2)4-7(10(17)20-3)14-9-8(16(18)19)5-13-11(12)15-9/h5-7H,4H2,1-3H3,(H,13,14,15). The van der Waals surface area contributed by atoms with E-state index in [1.807, 2.05) is 13.8 Å². The van der Waals surface area contributed by atoms with Crippen molar-refractivity contribution < 1.29 is 14.5 Å². The number of hydrogen-bond acceptors (Lipinski definition) is 7. The van der Waals surface area contributed by atoms with E-state index < -0.39 is 16.9 Å². The third kappa shape index (κ3) is 4.30. The lowest BCUT2D eigenvalue weighted by molar-refractivity contribution is -0.384. The average molecular weight is 303 g/mol. The number of nitro groups is 1. The molecule has 1 unspecified atom stereocenters. The number of esters is 1. The first-order valence-electron chi connectivity index (χ1n) is 5.86. The van der Waals surface area contributed by atoms with E-state index in [0.29, 0.717) is 6.42 Å². The van der Waals surface area contributed by atoms with Gasteiger partial charge in [0.1, 0.15) is 12.2 Å². The summed E-state index contributed by atoms with van der Waals surface area (Å²) in [5.41, 5.74) is -0.355. The van der Waals surface area contributed by atoms with Crippen LogP contribution in [-0.2, 0) is 9.53 Å². The summed E-state index contributed by atoms with van der Waals surface area (Å²) in [5.74, 6) is -0.447. The van der Waals surface area contributed by atoms with Crippen LogP contribution in [-0.4, -0.2) is 34.0 Å². The molecule has 0 radical (unpaired) electrons. The molecule has 0 aromatic carbocycles. The number of methoxy groups -OCH3 is 1. The monoisotopic (exact) mass is 302 g/mol. The van der Waals surface area contributed by atoms with Crippen molar-refractivity contribution in [3.05, 3.63) is 21.6 Å². The van der Waals surface area contributed by atoms with Crippen molar-refractivity contribution in [3.63, 3.8) is 0 Å². The molecule has 1 rings (SSSR count). The Morgan fingerprint density at radius 3 is 2.75 bits per heavy atom. The maximum Gasteiger partial charge on any atom is 0.329 e. The Kier molecular flexibility index (Phi) is 5.63. The molecule has 1 atom stereocenters. The number of rotatable bonds is 6. The van der Waals surface area contributed by atoms with E-state index in [2.05, 4.69) is 20.0 Å². The Bertz CT molecular complexity index is 509. The largest absolute Gasteiger partial charge is 0.467 e. The first-order valence-corrected chi connectivity index (χ1v) is 6.24. The lowest BCUT2D eigenvalue weighted by Crippen LogP contribution is -2.32. The highest BCUT2D eigenvalue weighted by molar-refractivity contribution is 6.28. The van der Waals surface area contributed by atoms with Crippen LogP contribution in [0.4, 0.5) is 11.5 Å². The van der Waals surface area contributed by atoms with Crippen LogP contribution < -0.4 is 5.32 Å². The van der Waals surface area contributed by atoms with Gasteiger partial charge in [-0.2, -0.15) is 4.98 Å². The van der Waals surface area contributed by atoms with Gasteiger partial charge in [0.2, 0.25) is 11.1 Å². The zero-order valence-electron chi connectivity index (χ0n) is 11.3. The van der Waals surface area contributed by atoms with Gasteiger partial charge in [-0.25, -0.2) is 9.78 Å². The lowest BCUT2D eigenvalue weighted by Gasteiger charge is -2.18. The van der Waals surface area contributed by atoms with Crippen LogP contribution >= 0.6 is 11.6 Å². The number of anilines is 1.